The fourth-order valence-corrected chi connectivity index (χ4v) is 5.71. The summed E-state index contributed by atoms with van der Waals surface area (Å²) in [6, 6.07) is 0. The Hall–Kier alpha value is 0.170. The van der Waals surface area contributed by atoms with Gasteiger partial charge in [-0.1, -0.05) is 60.8 Å². The van der Waals surface area contributed by atoms with Crippen LogP contribution in [-0.2, 0) is 0 Å². The van der Waals surface area contributed by atoms with E-state index in [9.17, 15) is 0 Å². The molecule has 126 valence electrons. The molecule has 0 rings (SSSR count). The Morgan fingerprint density at radius 2 is 1.57 bits per heavy atom. The predicted octanol–water partition coefficient (Wildman–Crippen LogP) is 7.36. The van der Waals surface area contributed by atoms with Gasteiger partial charge in [-0.2, -0.15) is 0 Å². The summed E-state index contributed by atoms with van der Waals surface area (Å²) in [5, 5.41) is 2.21. The van der Waals surface area contributed by atoms with Crippen molar-refractivity contribution in [1.29, 1.82) is 0 Å². The van der Waals surface area contributed by atoms with Gasteiger partial charge in [0.2, 0.25) is 0 Å². The minimum absolute atomic E-state index is 0.0359. The van der Waals surface area contributed by atoms with Crippen molar-refractivity contribution < 1.29 is 0 Å². The molecule has 0 spiro atoms. The molecule has 1 heteroatoms. The maximum atomic E-state index is 2.53. The molecule has 0 aliphatic rings. The van der Waals surface area contributed by atoms with Gasteiger partial charge in [-0.05, 0) is 39.0 Å². The molecule has 0 aromatic heterocycles. The second kappa shape index (κ2) is 8.71. The fourth-order valence-electron chi connectivity index (χ4n) is 3.22. The van der Waals surface area contributed by atoms with Crippen molar-refractivity contribution in [1.82, 2.24) is 0 Å². The Balaban J connectivity index is 5.23. The molecule has 0 bridgehead atoms. The minimum atomic E-state index is -0.0359. The van der Waals surface area contributed by atoms with Crippen LogP contribution in [0.2, 0.25) is 0 Å². The van der Waals surface area contributed by atoms with Crippen LogP contribution in [0.25, 0.3) is 0 Å². The van der Waals surface area contributed by atoms with Gasteiger partial charge in [0.1, 0.15) is 5.16 Å². The molecule has 0 heterocycles. The Morgan fingerprint density at radius 3 is 1.95 bits per heavy atom. The average molecular weight is 314 g/mol. The van der Waals surface area contributed by atoms with Gasteiger partial charge in [0.05, 0.1) is 19.5 Å². The molecule has 0 amide bonds. The third-order valence-corrected chi connectivity index (χ3v) is 9.86. The zero-order chi connectivity index (χ0) is 16.8. The predicted molar refractivity (Wildman–Crippen MR) is 104 cm³/mol. The van der Waals surface area contributed by atoms with Crippen molar-refractivity contribution in [3.63, 3.8) is 0 Å². The van der Waals surface area contributed by atoms with Crippen molar-refractivity contribution in [3.05, 3.63) is 0 Å². The molecule has 0 fully saturated rings. The molecule has 0 radical (unpaired) electrons. The number of unbranched alkanes of at least 4 members (excludes halogenated alkanes) is 1. The third-order valence-electron chi connectivity index (χ3n) is 6.25. The van der Waals surface area contributed by atoms with Crippen LogP contribution in [0.3, 0.4) is 0 Å². The van der Waals surface area contributed by atoms with Crippen LogP contribution in [0.1, 0.15) is 94.4 Å². The standard InChI is InChI=1S/C20H42P/c1-11-13-14-19(6,7)20(8,9)21(10)17(5)15-18(12-2)16(3)4/h16,18H,11-15H2,1-10H3/q+1. The Labute approximate surface area is 136 Å². The van der Waals surface area contributed by atoms with Gasteiger partial charge in [0, 0.05) is 11.8 Å². The van der Waals surface area contributed by atoms with Crippen LogP contribution in [0, 0.1) is 17.3 Å². The lowest BCUT2D eigenvalue weighted by atomic mass is 9.76. The van der Waals surface area contributed by atoms with Gasteiger partial charge < -0.3 is 0 Å². The number of hydrogen-bond acceptors (Lipinski definition) is 0. The lowest BCUT2D eigenvalue weighted by Gasteiger charge is -2.37. The maximum Gasteiger partial charge on any atom is 0.125 e. The van der Waals surface area contributed by atoms with Crippen LogP contribution in [-0.4, -0.2) is 17.1 Å². The molecule has 0 N–H and O–H groups in total. The number of hydrogen-bond donors (Lipinski definition) is 0. The molecular formula is C20H42P+. The summed E-state index contributed by atoms with van der Waals surface area (Å²) in [5.74, 6) is 1.68. The van der Waals surface area contributed by atoms with Gasteiger partial charge in [-0.3, -0.25) is 0 Å². The largest absolute Gasteiger partial charge is 0.125 e. The van der Waals surface area contributed by atoms with Crippen LogP contribution in [0.5, 0.6) is 0 Å². The maximum absolute atomic E-state index is 2.53. The average Bonchev–Trinajstić information content (AvgIpc) is 2.40. The summed E-state index contributed by atoms with van der Waals surface area (Å²) in [6.45, 7) is 24.4. The van der Waals surface area contributed by atoms with Gasteiger partial charge in [-0.15, -0.1) is 0 Å². The quantitative estimate of drug-likeness (QED) is 0.390. The van der Waals surface area contributed by atoms with Crippen molar-refractivity contribution in [2.24, 2.45) is 17.3 Å². The van der Waals surface area contributed by atoms with E-state index in [-0.39, 0.29) is 7.55 Å². The van der Waals surface area contributed by atoms with E-state index >= 15 is 0 Å². The van der Waals surface area contributed by atoms with E-state index in [1.54, 1.807) is 5.29 Å². The lowest BCUT2D eigenvalue weighted by molar-refractivity contribution is 0.250. The third kappa shape index (κ3) is 5.70. The molecule has 2 unspecified atom stereocenters. The molecule has 0 nitrogen and oxygen atoms in total. The zero-order valence-electron chi connectivity index (χ0n) is 16.6. The molecule has 2 atom stereocenters. The summed E-state index contributed by atoms with van der Waals surface area (Å²) >= 11 is 0. The highest BCUT2D eigenvalue weighted by molar-refractivity contribution is 7.59. The van der Waals surface area contributed by atoms with E-state index in [2.05, 4.69) is 69.0 Å². The van der Waals surface area contributed by atoms with Crippen LogP contribution in [0.15, 0.2) is 0 Å². The monoisotopic (exact) mass is 313 g/mol. The highest BCUT2D eigenvalue weighted by Gasteiger charge is 2.46. The molecule has 0 saturated carbocycles. The molecule has 0 aromatic carbocycles. The van der Waals surface area contributed by atoms with Gasteiger partial charge in [0.25, 0.3) is 0 Å². The van der Waals surface area contributed by atoms with E-state index in [1.807, 2.05) is 0 Å². The highest BCUT2D eigenvalue weighted by Crippen LogP contribution is 2.53. The van der Waals surface area contributed by atoms with E-state index in [0.717, 1.165) is 11.8 Å². The minimum Gasteiger partial charge on any atom is -0.0654 e. The Bertz CT molecular complexity index is 334. The van der Waals surface area contributed by atoms with E-state index < -0.39 is 0 Å². The van der Waals surface area contributed by atoms with E-state index in [4.69, 9.17) is 0 Å². The van der Waals surface area contributed by atoms with Crippen LogP contribution >= 0.6 is 7.55 Å². The molecule has 21 heavy (non-hydrogen) atoms. The lowest BCUT2D eigenvalue weighted by Crippen LogP contribution is -2.36. The summed E-state index contributed by atoms with van der Waals surface area (Å²) in [7, 11) is -0.0359. The summed E-state index contributed by atoms with van der Waals surface area (Å²) < 4.78 is 0. The summed E-state index contributed by atoms with van der Waals surface area (Å²) in [5.41, 5.74) is 0.435. The first-order valence-electron chi connectivity index (χ1n) is 9.07. The van der Waals surface area contributed by atoms with Crippen molar-refractivity contribution in [3.8, 4) is 0 Å². The first-order valence-corrected chi connectivity index (χ1v) is 10.9. The Kier molecular flexibility index (Phi) is 8.78. The second-order valence-corrected chi connectivity index (χ2v) is 11.5. The van der Waals surface area contributed by atoms with Crippen LogP contribution < -0.4 is 0 Å². The van der Waals surface area contributed by atoms with Crippen molar-refractivity contribution in [2.75, 3.05) is 6.66 Å². The van der Waals surface area contributed by atoms with Gasteiger partial charge in [0.15, 0.2) is 0 Å². The van der Waals surface area contributed by atoms with Crippen LogP contribution in [0.4, 0.5) is 0 Å². The van der Waals surface area contributed by atoms with E-state index in [0.29, 0.717) is 10.6 Å². The summed E-state index contributed by atoms with van der Waals surface area (Å²) in [6.07, 6.45) is 6.69. The normalized spacial score (nSPS) is 16.1. The molecule has 0 aliphatic carbocycles. The first kappa shape index (κ1) is 21.2. The zero-order valence-corrected chi connectivity index (χ0v) is 17.5. The highest BCUT2D eigenvalue weighted by atomic mass is 31.1. The topological polar surface area (TPSA) is 0 Å². The Morgan fingerprint density at radius 1 is 1.05 bits per heavy atom. The first-order chi connectivity index (χ1) is 9.51. The van der Waals surface area contributed by atoms with Crippen molar-refractivity contribution >= 4 is 12.8 Å². The molecule has 0 aromatic rings. The van der Waals surface area contributed by atoms with Crippen molar-refractivity contribution in [2.45, 2.75) is 99.6 Å². The van der Waals surface area contributed by atoms with E-state index in [1.165, 1.54) is 32.1 Å². The smallest absolute Gasteiger partial charge is 0.0654 e. The SMILES string of the molecule is CCCCC(C)(C)C(C)(C)[P+](C)=C(C)CC(CC)C(C)C. The molecule has 0 saturated heterocycles. The van der Waals surface area contributed by atoms with Gasteiger partial charge in [-0.25, -0.2) is 0 Å². The molecular weight excluding hydrogens is 271 g/mol. The summed E-state index contributed by atoms with van der Waals surface area (Å²) in [4.78, 5) is 0. The second-order valence-electron chi connectivity index (χ2n) is 8.46. The van der Waals surface area contributed by atoms with Gasteiger partial charge >= 0.3 is 0 Å². The fraction of sp³-hybridized carbons (Fsp3) is 0.950. The molecule has 0 aliphatic heterocycles. The number of rotatable bonds is 9.